The number of hydrogen-bond donors (Lipinski definition) is 1. The molecule has 0 aromatic heterocycles. The van der Waals surface area contributed by atoms with Crippen LogP contribution >= 0.6 is 0 Å². The Morgan fingerprint density at radius 3 is 2.61 bits per heavy atom. The van der Waals surface area contributed by atoms with E-state index in [1.807, 2.05) is 0 Å². The van der Waals surface area contributed by atoms with Crippen LogP contribution in [-0.4, -0.2) is 40.1 Å². The van der Waals surface area contributed by atoms with Crippen molar-refractivity contribution < 1.29 is 17.9 Å². The van der Waals surface area contributed by atoms with Crippen LogP contribution in [-0.2, 0) is 19.6 Å². The highest BCUT2D eigenvalue weighted by Crippen LogP contribution is 2.22. The Bertz CT molecular complexity index is 651. The molecule has 2 saturated heterocycles. The molecule has 2 heterocycles. The van der Waals surface area contributed by atoms with Gasteiger partial charge in [-0.15, -0.1) is 0 Å². The number of amides is 1. The van der Waals surface area contributed by atoms with Crippen molar-refractivity contribution >= 4 is 21.6 Å². The molecule has 23 heavy (non-hydrogen) atoms. The zero-order chi connectivity index (χ0) is 16.3. The molecule has 1 aromatic rings. The Morgan fingerprint density at radius 2 is 1.96 bits per heavy atom. The quantitative estimate of drug-likeness (QED) is 0.886. The maximum atomic E-state index is 12.3. The molecule has 1 aromatic carbocycles. The molecule has 2 fully saturated rings. The van der Waals surface area contributed by atoms with E-state index < -0.39 is 10.0 Å². The van der Waals surface area contributed by atoms with E-state index in [4.69, 9.17) is 4.74 Å². The first kappa shape index (κ1) is 16.4. The van der Waals surface area contributed by atoms with Crippen molar-refractivity contribution in [2.45, 2.75) is 43.1 Å². The molecule has 7 heteroatoms. The summed E-state index contributed by atoms with van der Waals surface area (Å²) in [5.41, 5.74) is 0.757. The third-order valence-electron chi connectivity index (χ3n) is 4.31. The topological polar surface area (TPSA) is 75.7 Å². The van der Waals surface area contributed by atoms with Gasteiger partial charge >= 0.3 is 0 Å². The number of ether oxygens (including phenoxy) is 1. The summed E-state index contributed by atoms with van der Waals surface area (Å²) >= 11 is 0. The molecule has 0 saturated carbocycles. The molecule has 2 aliphatic rings. The Kier molecular flexibility index (Phi) is 4.99. The molecule has 0 radical (unpaired) electrons. The molecule has 1 amide bonds. The van der Waals surface area contributed by atoms with E-state index in [9.17, 15) is 13.2 Å². The lowest BCUT2D eigenvalue weighted by molar-refractivity contribution is -0.119. The van der Waals surface area contributed by atoms with Gasteiger partial charge in [0.25, 0.3) is 0 Å². The van der Waals surface area contributed by atoms with Crippen LogP contribution in [0.1, 0.15) is 32.1 Å². The highest BCUT2D eigenvalue weighted by atomic mass is 32.2. The first-order valence-electron chi connectivity index (χ1n) is 8.08. The molecule has 0 spiro atoms. The summed E-state index contributed by atoms with van der Waals surface area (Å²) in [5.74, 6) is 0.100. The van der Waals surface area contributed by atoms with E-state index in [1.165, 1.54) is 0 Å². The minimum Gasteiger partial charge on any atom is -0.377 e. The predicted molar refractivity (Wildman–Crippen MR) is 86.8 cm³/mol. The Labute approximate surface area is 136 Å². The van der Waals surface area contributed by atoms with Gasteiger partial charge in [0.15, 0.2) is 0 Å². The fraction of sp³-hybridized carbons (Fsp3) is 0.562. The number of nitrogens with one attached hydrogen (secondary N) is 1. The number of rotatable bonds is 5. The van der Waals surface area contributed by atoms with Gasteiger partial charge < -0.3 is 9.64 Å². The molecule has 1 atom stereocenters. The maximum Gasteiger partial charge on any atom is 0.240 e. The molecule has 0 unspecified atom stereocenters. The highest BCUT2D eigenvalue weighted by molar-refractivity contribution is 7.89. The van der Waals surface area contributed by atoms with Gasteiger partial charge in [0.2, 0.25) is 15.9 Å². The monoisotopic (exact) mass is 338 g/mol. The molecule has 0 aliphatic carbocycles. The lowest BCUT2D eigenvalue weighted by Crippen LogP contribution is -2.35. The molecular formula is C16H22N2O4S. The van der Waals surface area contributed by atoms with Gasteiger partial charge in [-0.3, -0.25) is 4.79 Å². The largest absolute Gasteiger partial charge is 0.377 e. The van der Waals surface area contributed by atoms with Crippen molar-refractivity contribution in [3.05, 3.63) is 24.3 Å². The second kappa shape index (κ2) is 6.98. The minimum atomic E-state index is -3.54. The van der Waals surface area contributed by atoms with Crippen molar-refractivity contribution in [2.75, 3.05) is 24.6 Å². The summed E-state index contributed by atoms with van der Waals surface area (Å²) in [7, 11) is -3.54. The van der Waals surface area contributed by atoms with Gasteiger partial charge in [-0.05, 0) is 49.9 Å². The van der Waals surface area contributed by atoms with Gasteiger partial charge in [-0.1, -0.05) is 0 Å². The molecular weight excluding hydrogens is 316 g/mol. The average Bonchev–Trinajstić information content (AvgIpc) is 3.07. The van der Waals surface area contributed by atoms with Crippen LogP contribution in [0.2, 0.25) is 0 Å². The first-order chi connectivity index (χ1) is 11.1. The first-order valence-corrected chi connectivity index (χ1v) is 9.56. The summed E-state index contributed by atoms with van der Waals surface area (Å²) in [4.78, 5) is 13.8. The van der Waals surface area contributed by atoms with Gasteiger partial charge in [-0.25, -0.2) is 13.1 Å². The number of sulfonamides is 1. The molecule has 6 nitrogen and oxygen atoms in total. The number of carbonyl (C=O) groups excluding carboxylic acids is 1. The predicted octanol–water partition coefficient (Wildman–Crippen LogP) is 1.66. The van der Waals surface area contributed by atoms with Gasteiger partial charge in [0, 0.05) is 31.8 Å². The maximum absolute atomic E-state index is 12.3. The third kappa shape index (κ3) is 3.91. The fourth-order valence-electron chi connectivity index (χ4n) is 2.98. The smallest absolute Gasteiger partial charge is 0.240 e. The van der Waals surface area contributed by atoms with Crippen molar-refractivity contribution in [1.82, 2.24) is 4.72 Å². The summed E-state index contributed by atoms with van der Waals surface area (Å²) in [6.07, 6.45) is 4.30. The standard InChI is InChI=1S/C16H22N2O4S/c19-16-5-1-2-10-18(16)13-6-8-15(9-7-13)23(20,21)17-12-14-4-3-11-22-14/h6-9,14,17H,1-5,10-12H2/t14-/m0/s1. The zero-order valence-electron chi connectivity index (χ0n) is 13.0. The van der Waals surface area contributed by atoms with E-state index in [0.29, 0.717) is 26.1 Å². The van der Waals surface area contributed by atoms with E-state index in [0.717, 1.165) is 31.4 Å². The summed E-state index contributed by atoms with van der Waals surface area (Å²) in [6.45, 7) is 1.70. The Morgan fingerprint density at radius 1 is 1.17 bits per heavy atom. The van der Waals surface area contributed by atoms with Gasteiger partial charge in [-0.2, -0.15) is 0 Å². The number of piperidine rings is 1. The SMILES string of the molecule is O=C1CCCCN1c1ccc(S(=O)(=O)NC[C@@H]2CCCO2)cc1. The van der Waals surface area contributed by atoms with Crippen LogP contribution < -0.4 is 9.62 Å². The fourth-order valence-corrected chi connectivity index (χ4v) is 4.04. The van der Waals surface area contributed by atoms with Crippen LogP contribution in [0.4, 0.5) is 5.69 Å². The lowest BCUT2D eigenvalue weighted by Gasteiger charge is -2.26. The van der Waals surface area contributed by atoms with E-state index in [1.54, 1.807) is 29.2 Å². The van der Waals surface area contributed by atoms with Crippen molar-refractivity contribution in [3.8, 4) is 0 Å². The van der Waals surface area contributed by atoms with E-state index >= 15 is 0 Å². The summed E-state index contributed by atoms with van der Waals surface area (Å²) in [6, 6.07) is 6.50. The van der Waals surface area contributed by atoms with Gasteiger partial charge in [0.05, 0.1) is 11.0 Å². The van der Waals surface area contributed by atoms with Crippen LogP contribution in [0, 0.1) is 0 Å². The molecule has 126 valence electrons. The van der Waals surface area contributed by atoms with Crippen LogP contribution in [0.15, 0.2) is 29.2 Å². The summed E-state index contributed by atoms with van der Waals surface area (Å²) < 4.78 is 32.6. The zero-order valence-corrected chi connectivity index (χ0v) is 13.8. The number of nitrogens with zero attached hydrogens (tertiary/aromatic N) is 1. The van der Waals surface area contributed by atoms with Crippen molar-refractivity contribution in [3.63, 3.8) is 0 Å². The van der Waals surface area contributed by atoms with E-state index in [-0.39, 0.29) is 16.9 Å². The van der Waals surface area contributed by atoms with Crippen molar-refractivity contribution in [2.24, 2.45) is 0 Å². The van der Waals surface area contributed by atoms with Crippen molar-refractivity contribution in [1.29, 1.82) is 0 Å². The number of anilines is 1. The second-order valence-corrected chi connectivity index (χ2v) is 7.75. The Hall–Kier alpha value is -1.44. The molecule has 0 bridgehead atoms. The van der Waals surface area contributed by atoms with Crippen LogP contribution in [0.25, 0.3) is 0 Å². The Balaban J connectivity index is 1.66. The van der Waals surface area contributed by atoms with Gasteiger partial charge in [0.1, 0.15) is 0 Å². The summed E-state index contributed by atoms with van der Waals surface area (Å²) in [5, 5.41) is 0. The molecule has 2 aliphatic heterocycles. The van der Waals surface area contributed by atoms with Crippen LogP contribution in [0.5, 0.6) is 0 Å². The normalized spacial score (nSPS) is 22.5. The highest BCUT2D eigenvalue weighted by Gasteiger charge is 2.22. The average molecular weight is 338 g/mol. The minimum absolute atomic E-state index is 0.0324. The lowest BCUT2D eigenvalue weighted by atomic mass is 10.1. The number of carbonyl (C=O) groups is 1. The third-order valence-corrected chi connectivity index (χ3v) is 5.75. The van der Waals surface area contributed by atoms with E-state index in [2.05, 4.69) is 4.72 Å². The second-order valence-electron chi connectivity index (χ2n) is 5.98. The molecule has 3 rings (SSSR count). The van der Waals surface area contributed by atoms with Crippen LogP contribution in [0.3, 0.4) is 0 Å². The molecule has 1 N–H and O–H groups in total. The number of hydrogen-bond acceptors (Lipinski definition) is 4. The number of benzene rings is 1.